The summed E-state index contributed by atoms with van der Waals surface area (Å²) < 4.78 is 25.5. The lowest BCUT2D eigenvalue weighted by Crippen LogP contribution is -2.43. The second kappa shape index (κ2) is 3.71. The molecule has 2 fully saturated rings. The zero-order valence-corrected chi connectivity index (χ0v) is 10.1. The molecule has 0 aromatic heterocycles. The summed E-state index contributed by atoms with van der Waals surface area (Å²) in [6.07, 6.45) is 4.17. The van der Waals surface area contributed by atoms with Crippen molar-refractivity contribution in [3.8, 4) is 0 Å². The third-order valence-electron chi connectivity index (χ3n) is 4.17. The molecule has 15 heavy (non-hydrogen) atoms. The van der Waals surface area contributed by atoms with E-state index in [0.717, 1.165) is 25.7 Å². The summed E-state index contributed by atoms with van der Waals surface area (Å²) in [7, 11) is -3.02. The third-order valence-corrected chi connectivity index (χ3v) is 6.05. The van der Waals surface area contributed by atoms with Gasteiger partial charge in [-0.1, -0.05) is 6.42 Å². The van der Waals surface area contributed by atoms with E-state index in [1.54, 1.807) is 11.2 Å². The van der Waals surface area contributed by atoms with Gasteiger partial charge in [-0.05, 0) is 32.7 Å². The highest BCUT2D eigenvalue weighted by molar-refractivity contribution is 7.89. The standard InChI is InChI=1S/C10H20N2O2S/c1-2-15(13,14)12-7-6-10(8-11)5-3-4-9(10)12/h9H,2-8,11H2,1H3/t9-,10-/m0/s1. The zero-order valence-electron chi connectivity index (χ0n) is 9.28. The largest absolute Gasteiger partial charge is 0.330 e. The van der Waals surface area contributed by atoms with Crippen LogP contribution in [0.3, 0.4) is 0 Å². The smallest absolute Gasteiger partial charge is 0.214 e. The number of fused-ring (bicyclic) bond motifs is 1. The third kappa shape index (κ3) is 1.61. The fraction of sp³-hybridized carbons (Fsp3) is 1.00. The topological polar surface area (TPSA) is 63.4 Å². The molecule has 1 saturated heterocycles. The van der Waals surface area contributed by atoms with Crippen LogP contribution in [0.15, 0.2) is 0 Å². The van der Waals surface area contributed by atoms with Crippen molar-refractivity contribution >= 4 is 10.0 Å². The van der Waals surface area contributed by atoms with E-state index in [-0.39, 0.29) is 17.2 Å². The maximum Gasteiger partial charge on any atom is 0.214 e. The van der Waals surface area contributed by atoms with Gasteiger partial charge in [0.15, 0.2) is 0 Å². The molecule has 2 aliphatic rings. The van der Waals surface area contributed by atoms with Crippen LogP contribution in [0.2, 0.25) is 0 Å². The molecule has 0 aromatic carbocycles. The van der Waals surface area contributed by atoms with Crippen molar-refractivity contribution in [3.05, 3.63) is 0 Å². The first-order valence-electron chi connectivity index (χ1n) is 5.75. The van der Waals surface area contributed by atoms with Gasteiger partial charge in [-0.2, -0.15) is 4.31 Å². The van der Waals surface area contributed by atoms with Crippen LogP contribution in [0.25, 0.3) is 0 Å². The van der Waals surface area contributed by atoms with Gasteiger partial charge in [0.05, 0.1) is 5.75 Å². The molecule has 2 rings (SSSR count). The summed E-state index contributed by atoms with van der Waals surface area (Å²) in [5.41, 5.74) is 5.93. The molecule has 2 N–H and O–H groups in total. The summed E-state index contributed by atoms with van der Waals surface area (Å²) in [5.74, 6) is 0.212. The minimum absolute atomic E-state index is 0.0994. The van der Waals surface area contributed by atoms with Crippen LogP contribution in [0.5, 0.6) is 0 Å². The molecule has 1 aliphatic carbocycles. The molecule has 0 amide bonds. The fourth-order valence-electron chi connectivity index (χ4n) is 3.19. The van der Waals surface area contributed by atoms with Crippen molar-refractivity contribution in [2.45, 2.75) is 38.6 Å². The number of sulfonamides is 1. The lowest BCUT2D eigenvalue weighted by Gasteiger charge is -2.30. The second-order valence-electron chi connectivity index (χ2n) is 4.74. The van der Waals surface area contributed by atoms with Crippen LogP contribution in [0, 0.1) is 5.41 Å². The highest BCUT2D eigenvalue weighted by Crippen LogP contribution is 2.48. The number of nitrogens with zero attached hydrogens (tertiary/aromatic N) is 1. The SMILES string of the molecule is CCS(=O)(=O)N1CC[C@]2(CN)CCC[C@H]12. The summed E-state index contributed by atoms with van der Waals surface area (Å²) in [5, 5.41) is 0. The average molecular weight is 232 g/mol. The monoisotopic (exact) mass is 232 g/mol. The lowest BCUT2D eigenvalue weighted by atomic mass is 9.83. The number of hydrogen-bond donors (Lipinski definition) is 1. The van der Waals surface area contributed by atoms with Crippen LogP contribution in [-0.2, 0) is 10.0 Å². The van der Waals surface area contributed by atoms with E-state index < -0.39 is 10.0 Å². The van der Waals surface area contributed by atoms with Crippen molar-refractivity contribution in [2.75, 3.05) is 18.8 Å². The van der Waals surface area contributed by atoms with Gasteiger partial charge in [-0.25, -0.2) is 8.42 Å². The Hall–Kier alpha value is -0.130. The van der Waals surface area contributed by atoms with Crippen LogP contribution < -0.4 is 5.73 Å². The number of hydrogen-bond acceptors (Lipinski definition) is 3. The Morgan fingerprint density at radius 1 is 1.47 bits per heavy atom. The molecule has 1 aliphatic heterocycles. The van der Waals surface area contributed by atoms with E-state index in [4.69, 9.17) is 5.73 Å². The molecule has 1 heterocycles. The van der Waals surface area contributed by atoms with Gasteiger partial charge in [0, 0.05) is 18.0 Å². The van der Waals surface area contributed by atoms with Gasteiger partial charge in [-0.15, -0.1) is 0 Å². The molecule has 0 unspecified atom stereocenters. The van der Waals surface area contributed by atoms with Gasteiger partial charge in [0.25, 0.3) is 0 Å². The molecule has 1 saturated carbocycles. The normalized spacial score (nSPS) is 37.1. The average Bonchev–Trinajstić information content (AvgIpc) is 2.74. The van der Waals surface area contributed by atoms with Crippen molar-refractivity contribution in [2.24, 2.45) is 11.1 Å². The Morgan fingerprint density at radius 3 is 2.80 bits per heavy atom. The quantitative estimate of drug-likeness (QED) is 0.772. The van der Waals surface area contributed by atoms with Gasteiger partial charge < -0.3 is 5.73 Å². The summed E-state index contributed by atoms with van der Waals surface area (Å²) in [6.45, 7) is 3.03. The first-order chi connectivity index (χ1) is 7.06. The zero-order chi connectivity index (χ0) is 11.1. The predicted octanol–water partition coefficient (Wildman–Crippen LogP) is 0.539. The van der Waals surface area contributed by atoms with Crippen molar-refractivity contribution < 1.29 is 8.42 Å². The molecule has 0 aromatic rings. The number of nitrogens with two attached hydrogens (primary N) is 1. The van der Waals surface area contributed by atoms with E-state index in [2.05, 4.69) is 0 Å². The fourth-order valence-corrected chi connectivity index (χ4v) is 4.61. The predicted molar refractivity (Wildman–Crippen MR) is 59.9 cm³/mol. The second-order valence-corrected chi connectivity index (χ2v) is 6.95. The van der Waals surface area contributed by atoms with E-state index in [1.807, 2.05) is 0 Å². The lowest BCUT2D eigenvalue weighted by molar-refractivity contribution is 0.257. The number of rotatable bonds is 3. The van der Waals surface area contributed by atoms with Crippen molar-refractivity contribution in [3.63, 3.8) is 0 Å². The molecule has 2 atom stereocenters. The highest BCUT2D eigenvalue weighted by Gasteiger charge is 2.52. The summed E-state index contributed by atoms with van der Waals surface area (Å²) >= 11 is 0. The van der Waals surface area contributed by atoms with E-state index in [0.29, 0.717) is 13.1 Å². The minimum atomic E-state index is -3.02. The van der Waals surface area contributed by atoms with E-state index in [9.17, 15) is 8.42 Å². The highest BCUT2D eigenvalue weighted by atomic mass is 32.2. The van der Waals surface area contributed by atoms with Crippen molar-refractivity contribution in [1.82, 2.24) is 4.31 Å². The minimum Gasteiger partial charge on any atom is -0.330 e. The summed E-state index contributed by atoms with van der Waals surface area (Å²) in [6, 6.07) is 0.187. The van der Waals surface area contributed by atoms with Gasteiger partial charge in [-0.3, -0.25) is 0 Å². The Kier molecular flexibility index (Phi) is 2.81. The van der Waals surface area contributed by atoms with Gasteiger partial charge in [0.1, 0.15) is 0 Å². The van der Waals surface area contributed by atoms with Crippen molar-refractivity contribution in [1.29, 1.82) is 0 Å². The van der Waals surface area contributed by atoms with Crippen LogP contribution in [-0.4, -0.2) is 37.6 Å². The van der Waals surface area contributed by atoms with E-state index in [1.165, 1.54) is 0 Å². The Balaban J connectivity index is 2.26. The molecule has 5 heteroatoms. The van der Waals surface area contributed by atoms with E-state index >= 15 is 0 Å². The maximum atomic E-state index is 11.9. The molecule has 4 nitrogen and oxygen atoms in total. The molecule has 88 valence electrons. The maximum absolute atomic E-state index is 11.9. The first-order valence-corrected chi connectivity index (χ1v) is 7.36. The van der Waals surface area contributed by atoms with Crippen LogP contribution in [0.4, 0.5) is 0 Å². The van der Waals surface area contributed by atoms with Gasteiger partial charge >= 0.3 is 0 Å². The van der Waals surface area contributed by atoms with Crippen LogP contribution in [0.1, 0.15) is 32.6 Å². The van der Waals surface area contributed by atoms with Gasteiger partial charge in [0.2, 0.25) is 10.0 Å². The Morgan fingerprint density at radius 2 is 2.20 bits per heavy atom. The van der Waals surface area contributed by atoms with Crippen LogP contribution >= 0.6 is 0 Å². The summed E-state index contributed by atoms with van der Waals surface area (Å²) in [4.78, 5) is 0. The molecule has 0 radical (unpaired) electrons. The molecule has 0 bridgehead atoms. The Bertz CT molecular complexity index is 341. The Labute approximate surface area is 91.9 Å². The first kappa shape index (κ1) is 11.4. The molecular formula is C10H20N2O2S. The molecular weight excluding hydrogens is 212 g/mol. The molecule has 0 spiro atoms.